The second kappa shape index (κ2) is 9.72. The third-order valence-corrected chi connectivity index (χ3v) is 5.46. The highest BCUT2D eigenvalue weighted by Crippen LogP contribution is 2.26. The summed E-state index contributed by atoms with van der Waals surface area (Å²) in [6, 6.07) is 3.61. The van der Waals surface area contributed by atoms with Gasteiger partial charge in [0.05, 0.1) is 37.5 Å². The fourth-order valence-corrected chi connectivity index (χ4v) is 3.86. The molecule has 1 aromatic rings. The van der Waals surface area contributed by atoms with Gasteiger partial charge in [0.1, 0.15) is 0 Å². The van der Waals surface area contributed by atoms with Crippen LogP contribution in [-0.4, -0.2) is 48.6 Å². The van der Waals surface area contributed by atoms with Gasteiger partial charge in [0.2, 0.25) is 0 Å². The predicted octanol–water partition coefficient (Wildman–Crippen LogP) is 4.07. The zero-order valence-corrected chi connectivity index (χ0v) is 17.4. The Balaban J connectivity index is 3.28. The van der Waals surface area contributed by atoms with E-state index in [1.54, 1.807) is 13.0 Å². The van der Waals surface area contributed by atoms with E-state index in [0.29, 0.717) is 17.9 Å². The summed E-state index contributed by atoms with van der Waals surface area (Å²) < 4.78 is 5.92. The molecule has 0 aromatic heterocycles. The van der Waals surface area contributed by atoms with E-state index in [2.05, 4.69) is 26.1 Å². The molecule has 1 N–H and O–H groups in total. The van der Waals surface area contributed by atoms with E-state index in [4.69, 9.17) is 4.74 Å². The molecule has 1 unspecified atom stereocenters. The molecule has 0 aliphatic heterocycles. The minimum atomic E-state index is -0.398. The van der Waals surface area contributed by atoms with Crippen LogP contribution in [0.25, 0.3) is 0 Å². The third kappa shape index (κ3) is 4.64. The van der Waals surface area contributed by atoms with E-state index in [1.165, 1.54) is 0 Å². The van der Waals surface area contributed by atoms with Crippen LogP contribution in [0.5, 0.6) is 0 Å². The van der Waals surface area contributed by atoms with Crippen molar-refractivity contribution in [3.63, 3.8) is 0 Å². The number of quaternary nitrogens is 1. The van der Waals surface area contributed by atoms with Crippen molar-refractivity contribution in [2.75, 3.05) is 31.6 Å². The Morgan fingerprint density at radius 3 is 2.08 bits per heavy atom. The normalized spacial score (nSPS) is 12.6. The van der Waals surface area contributed by atoms with Crippen LogP contribution < -0.4 is 5.32 Å². The predicted molar refractivity (Wildman–Crippen MR) is 106 cm³/mol. The van der Waals surface area contributed by atoms with E-state index in [-0.39, 0.29) is 11.9 Å². The van der Waals surface area contributed by atoms with Gasteiger partial charge in [-0.3, -0.25) is 4.79 Å². The van der Waals surface area contributed by atoms with Crippen LogP contribution in [0.3, 0.4) is 0 Å². The average Bonchev–Trinajstić information content (AvgIpc) is 2.61. The lowest BCUT2D eigenvalue weighted by molar-refractivity contribution is -0.938. The highest BCUT2D eigenvalue weighted by molar-refractivity contribution is 6.03. The summed E-state index contributed by atoms with van der Waals surface area (Å²) in [4.78, 5) is 25.5. The molecule has 1 rings (SSSR count). The van der Waals surface area contributed by atoms with E-state index >= 15 is 0 Å². The quantitative estimate of drug-likeness (QED) is 0.531. The molecule has 0 saturated carbocycles. The maximum atomic E-state index is 13.2. The first-order chi connectivity index (χ1) is 12.3. The van der Waals surface area contributed by atoms with Gasteiger partial charge < -0.3 is 14.5 Å². The number of aryl methyl sites for hydroxylation is 2. The number of carbonyl (C=O) groups is 2. The summed E-state index contributed by atoms with van der Waals surface area (Å²) in [6.07, 6.45) is 0.751. The summed E-state index contributed by atoms with van der Waals surface area (Å²) >= 11 is 0. The number of nitrogens with one attached hydrogen (secondary N) is 1. The lowest BCUT2D eigenvalue weighted by Crippen LogP contribution is -2.59. The molecule has 0 bridgehead atoms. The Morgan fingerprint density at radius 2 is 1.62 bits per heavy atom. The smallest absolute Gasteiger partial charge is 0.340 e. The van der Waals surface area contributed by atoms with Gasteiger partial charge in [0, 0.05) is 6.42 Å². The van der Waals surface area contributed by atoms with Crippen molar-refractivity contribution < 1.29 is 18.8 Å². The van der Waals surface area contributed by atoms with Crippen LogP contribution in [0, 0.1) is 13.8 Å². The number of esters is 1. The van der Waals surface area contributed by atoms with E-state index < -0.39 is 5.97 Å². The van der Waals surface area contributed by atoms with E-state index in [1.807, 2.05) is 26.8 Å². The lowest BCUT2D eigenvalue weighted by Gasteiger charge is -2.41. The molecular weight excluding hydrogens is 328 g/mol. The summed E-state index contributed by atoms with van der Waals surface area (Å²) in [5.74, 6) is -0.430. The minimum Gasteiger partial charge on any atom is -0.462 e. The summed E-state index contributed by atoms with van der Waals surface area (Å²) in [5, 5.41) is 3.05. The lowest BCUT2D eigenvalue weighted by atomic mass is 10.0. The van der Waals surface area contributed by atoms with Crippen molar-refractivity contribution in [1.29, 1.82) is 0 Å². The van der Waals surface area contributed by atoms with Gasteiger partial charge in [-0.1, -0.05) is 13.0 Å². The SMILES string of the molecule is CCOC(=O)c1cc(C)cc(C)c1NC(=O)C(CC)[N+](CC)(CC)CC. The summed E-state index contributed by atoms with van der Waals surface area (Å²) in [7, 11) is 0. The Morgan fingerprint density at radius 1 is 1.04 bits per heavy atom. The number of carbonyl (C=O) groups excluding carboxylic acids is 2. The molecule has 0 fully saturated rings. The van der Waals surface area contributed by atoms with Crippen LogP contribution >= 0.6 is 0 Å². The van der Waals surface area contributed by atoms with E-state index in [9.17, 15) is 9.59 Å². The van der Waals surface area contributed by atoms with Crippen LogP contribution in [0.4, 0.5) is 5.69 Å². The van der Waals surface area contributed by atoms with Gasteiger partial charge in [-0.15, -0.1) is 0 Å². The van der Waals surface area contributed by atoms with Crippen LogP contribution in [0.2, 0.25) is 0 Å². The fourth-order valence-electron chi connectivity index (χ4n) is 3.86. The Bertz CT molecular complexity index is 628. The van der Waals surface area contributed by atoms with Crippen molar-refractivity contribution in [3.05, 3.63) is 28.8 Å². The van der Waals surface area contributed by atoms with Crippen molar-refractivity contribution in [1.82, 2.24) is 0 Å². The highest BCUT2D eigenvalue weighted by Gasteiger charge is 2.37. The number of amides is 1. The minimum absolute atomic E-state index is 0.0319. The summed E-state index contributed by atoms with van der Waals surface area (Å²) in [6.45, 7) is 17.1. The zero-order valence-electron chi connectivity index (χ0n) is 17.4. The summed E-state index contributed by atoms with van der Waals surface area (Å²) in [5.41, 5.74) is 2.84. The number of hydrogen-bond donors (Lipinski definition) is 1. The molecular formula is C21H35N2O3+. The molecule has 1 atom stereocenters. The van der Waals surface area contributed by atoms with Crippen molar-refractivity contribution >= 4 is 17.6 Å². The molecule has 5 nitrogen and oxygen atoms in total. The first-order valence-corrected chi connectivity index (χ1v) is 9.75. The van der Waals surface area contributed by atoms with Gasteiger partial charge in [-0.05, 0) is 58.7 Å². The number of anilines is 1. The van der Waals surface area contributed by atoms with Crippen molar-refractivity contribution in [3.8, 4) is 0 Å². The standard InChI is InChI=1S/C21H34N2O3/c1-8-18(23(9-2,10-3)11-4)20(24)22-19-16(7)13-15(6)14-17(19)21(25)26-12-5/h13-14,18H,8-12H2,1-7H3/p+1. The molecule has 0 heterocycles. The maximum absolute atomic E-state index is 13.2. The number of benzene rings is 1. The van der Waals surface area contributed by atoms with E-state index in [0.717, 1.165) is 41.7 Å². The van der Waals surface area contributed by atoms with Crippen LogP contribution in [0.15, 0.2) is 12.1 Å². The number of nitrogens with zero attached hydrogens (tertiary/aromatic N) is 1. The number of hydrogen-bond acceptors (Lipinski definition) is 3. The number of rotatable bonds is 9. The number of likely N-dealkylation sites (N-methyl/N-ethyl adjacent to an activating group) is 1. The molecule has 1 aromatic carbocycles. The average molecular weight is 364 g/mol. The van der Waals surface area contributed by atoms with Gasteiger partial charge in [0.15, 0.2) is 6.04 Å². The molecule has 0 aliphatic carbocycles. The molecule has 26 heavy (non-hydrogen) atoms. The second-order valence-electron chi connectivity index (χ2n) is 6.81. The zero-order chi connectivity index (χ0) is 19.9. The molecule has 5 heteroatoms. The molecule has 0 aliphatic rings. The largest absolute Gasteiger partial charge is 0.462 e. The maximum Gasteiger partial charge on any atom is 0.340 e. The Hall–Kier alpha value is -1.88. The topological polar surface area (TPSA) is 55.4 Å². The van der Waals surface area contributed by atoms with Gasteiger partial charge in [-0.2, -0.15) is 0 Å². The Kier molecular flexibility index (Phi) is 8.28. The van der Waals surface area contributed by atoms with Crippen molar-refractivity contribution in [2.45, 2.75) is 60.9 Å². The van der Waals surface area contributed by atoms with Gasteiger partial charge in [0.25, 0.3) is 5.91 Å². The second-order valence-corrected chi connectivity index (χ2v) is 6.81. The van der Waals surface area contributed by atoms with Gasteiger partial charge in [-0.25, -0.2) is 4.79 Å². The Labute approximate surface area is 158 Å². The van der Waals surface area contributed by atoms with Crippen molar-refractivity contribution in [2.24, 2.45) is 0 Å². The molecule has 146 valence electrons. The van der Waals surface area contributed by atoms with Crippen LogP contribution in [-0.2, 0) is 9.53 Å². The third-order valence-electron chi connectivity index (χ3n) is 5.46. The molecule has 0 saturated heterocycles. The van der Waals surface area contributed by atoms with Crippen LogP contribution in [0.1, 0.15) is 62.5 Å². The first-order valence-electron chi connectivity index (χ1n) is 9.75. The first kappa shape index (κ1) is 22.2. The molecule has 0 radical (unpaired) electrons. The number of ether oxygens (including phenoxy) is 1. The monoisotopic (exact) mass is 363 g/mol. The van der Waals surface area contributed by atoms with Gasteiger partial charge >= 0.3 is 5.97 Å². The molecule has 0 spiro atoms. The fraction of sp³-hybridized carbons (Fsp3) is 0.619. The molecule has 1 amide bonds. The highest BCUT2D eigenvalue weighted by atomic mass is 16.5.